The number of amides is 1. The number of ether oxygens (including phenoxy) is 1. The minimum atomic E-state index is -1.17. The summed E-state index contributed by atoms with van der Waals surface area (Å²) in [6.45, 7) is 3.73. The van der Waals surface area contributed by atoms with Crippen LogP contribution in [0.3, 0.4) is 0 Å². The van der Waals surface area contributed by atoms with Gasteiger partial charge in [0.25, 0.3) is 5.91 Å². The van der Waals surface area contributed by atoms with Crippen molar-refractivity contribution >= 4 is 41.2 Å². The van der Waals surface area contributed by atoms with E-state index >= 15 is 0 Å². The van der Waals surface area contributed by atoms with Gasteiger partial charge in [0.15, 0.2) is 0 Å². The molecule has 2 aromatic carbocycles. The van der Waals surface area contributed by atoms with Crippen molar-refractivity contribution in [2.24, 2.45) is 0 Å². The van der Waals surface area contributed by atoms with Crippen LogP contribution in [-0.4, -0.2) is 33.0 Å². The molecular weight excluding hydrogens is 465 g/mol. The van der Waals surface area contributed by atoms with E-state index in [-0.39, 0.29) is 28.0 Å². The average Bonchev–Trinajstić information content (AvgIpc) is 2.73. The maximum atomic E-state index is 12.5. The summed E-state index contributed by atoms with van der Waals surface area (Å²) in [6.07, 6.45) is 3.48. The third-order valence-corrected chi connectivity index (χ3v) is 5.16. The number of hydrogen-bond acceptors (Lipinski definition) is 5. The largest absolute Gasteiger partial charge is 0.480 e. The summed E-state index contributed by atoms with van der Waals surface area (Å²) >= 11 is 12.1. The predicted molar refractivity (Wildman–Crippen MR) is 127 cm³/mol. The van der Waals surface area contributed by atoms with E-state index in [1.807, 2.05) is 32.0 Å². The molecule has 33 heavy (non-hydrogen) atoms. The van der Waals surface area contributed by atoms with Crippen LogP contribution in [0, 0.1) is 13.8 Å². The number of carboxylic acids is 1. The number of nitrogens with one attached hydrogen (secondary N) is 1. The van der Waals surface area contributed by atoms with Gasteiger partial charge in [-0.2, -0.15) is 0 Å². The van der Waals surface area contributed by atoms with E-state index in [4.69, 9.17) is 27.9 Å². The number of halogens is 2. The summed E-state index contributed by atoms with van der Waals surface area (Å²) in [4.78, 5) is 32.6. The van der Waals surface area contributed by atoms with E-state index in [1.54, 1.807) is 30.4 Å². The molecule has 0 aliphatic heterocycles. The molecule has 0 fully saturated rings. The molecule has 1 heterocycles. The first-order valence-corrected chi connectivity index (χ1v) is 10.7. The van der Waals surface area contributed by atoms with Crippen molar-refractivity contribution in [2.45, 2.75) is 26.3 Å². The lowest BCUT2D eigenvalue weighted by atomic mass is 10.1. The number of carboxylic acid groups (broad SMARTS) is 1. The van der Waals surface area contributed by atoms with Crippen LogP contribution in [0.1, 0.15) is 33.7 Å². The molecule has 0 aliphatic carbocycles. The van der Waals surface area contributed by atoms with Gasteiger partial charge in [0.1, 0.15) is 11.8 Å². The Bertz CT molecular complexity index is 1160. The summed E-state index contributed by atoms with van der Waals surface area (Å²) in [6, 6.07) is 12.8. The number of rotatable bonds is 8. The fourth-order valence-corrected chi connectivity index (χ4v) is 3.57. The zero-order valence-corrected chi connectivity index (χ0v) is 19.4. The van der Waals surface area contributed by atoms with Crippen LogP contribution in [-0.2, 0) is 4.79 Å². The van der Waals surface area contributed by atoms with Crippen LogP contribution in [0.15, 0.2) is 54.6 Å². The standard InChI is InChI=1S/C24H21Cl2N3O4/c1-14-13-15(2)28-24(27-14)33-17-11-9-16(10-12-17)5-3-8-20(23(31)32)29-22(30)21-18(25)6-4-7-19(21)26/h3-7,9-13,20H,8H2,1-2H3,(H,29,30)(H,31,32)/b5-3+. The zero-order valence-electron chi connectivity index (χ0n) is 17.9. The highest BCUT2D eigenvalue weighted by molar-refractivity contribution is 6.39. The van der Waals surface area contributed by atoms with Crippen LogP contribution in [0.25, 0.3) is 6.08 Å². The predicted octanol–water partition coefficient (Wildman–Crippen LogP) is 5.48. The molecule has 1 amide bonds. The van der Waals surface area contributed by atoms with E-state index < -0.39 is 17.9 Å². The smallest absolute Gasteiger partial charge is 0.326 e. The third-order valence-electron chi connectivity index (χ3n) is 4.53. The van der Waals surface area contributed by atoms with Crippen LogP contribution >= 0.6 is 23.2 Å². The number of aryl methyl sites for hydroxylation is 2. The molecule has 0 spiro atoms. The Kier molecular flexibility index (Phi) is 8.03. The van der Waals surface area contributed by atoms with Crippen LogP contribution in [0.5, 0.6) is 11.8 Å². The van der Waals surface area contributed by atoms with Crippen molar-refractivity contribution in [3.05, 3.63) is 87.2 Å². The summed E-state index contributed by atoms with van der Waals surface area (Å²) in [7, 11) is 0. The fourth-order valence-electron chi connectivity index (χ4n) is 3.00. The van der Waals surface area contributed by atoms with Crippen molar-refractivity contribution < 1.29 is 19.4 Å². The van der Waals surface area contributed by atoms with E-state index in [0.717, 1.165) is 17.0 Å². The van der Waals surface area contributed by atoms with Gasteiger partial charge < -0.3 is 15.2 Å². The minimum absolute atomic E-state index is 0.0411. The van der Waals surface area contributed by atoms with Gasteiger partial charge in [-0.25, -0.2) is 14.8 Å². The molecule has 9 heteroatoms. The second-order valence-corrected chi connectivity index (χ2v) is 8.02. The van der Waals surface area contributed by atoms with Gasteiger partial charge in [-0.1, -0.05) is 53.6 Å². The van der Waals surface area contributed by atoms with E-state index in [0.29, 0.717) is 5.75 Å². The Morgan fingerprint density at radius 1 is 1.06 bits per heavy atom. The number of carbonyl (C=O) groups excluding carboxylic acids is 1. The van der Waals surface area contributed by atoms with Crippen LogP contribution < -0.4 is 10.1 Å². The molecule has 0 aliphatic rings. The maximum absolute atomic E-state index is 12.5. The molecule has 7 nitrogen and oxygen atoms in total. The summed E-state index contributed by atoms with van der Waals surface area (Å²) < 4.78 is 5.68. The average molecular weight is 486 g/mol. The van der Waals surface area contributed by atoms with E-state index in [1.165, 1.54) is 12.1 Å². The Hall–Kier alpha value is -3.42. The van der Waals surface area contributed by atoms with Crippen molar-refractivity contribution in [3.8, 4) is 11.8 Å². The third kappa shape index (κ3) is 6.78. The number of aromatic nitrogens is 2. The molecule has 170 valence electrons. The first kappa shape index (κ1) is 24.2. The Labute approximate surface area is 201 Å². The summed E-state index contributed by atoms with van der Waals surface area (Å²) in [5, 5.41) is 12.2. The number of carbonyl (C=O) groups is 2. The lowest BCUT2D eigenvalue weighted by Crippen LogP contribution is -2.40. The van der Waals surface area contributed by atoms with Gasteiger partial charge in [0.2, 0.25) is 0 Å². The number of hydrogen-bond donors (Lipinski definition) is 2. The van der Waals surface area contributed by atoms with Gasteiger partial charge in [-0.15, -0.1) is 0 Å². The molecular formula is C24H21Cl2N3O4. The van der Waals surface area contributed by atoms with Crippen molar-refractivity contribution in [2.75, 3.05) is 0 Å². The van der Waals surface area contributed by atoms with Crippen LogP contribution in [0.4, 0.5) is 0 Å². The first-order chi connectivity index (χ1) is 15.7. The molecule has 2 N–H and O–H groups in total. The topological polar surface area (TPSA) is 101 Å². The zero-order chi connectivity index (χ0) is 24.0. The fraction of sp³-hybridized carbons (Fsp3) is 0.167. The minimum Gasteiger partial charge on any atom is -0.480 e. The maximum Gasteiger partial charge on any atom is 0.326 e. The molecule has 1 atom stereocenters. The Balaban J connectivity index is 1.62. The molecule has 1 unspecified atom stereocenters. The van der Waals surface area contributed by atoms with Gasteiger partial charge in [-0.3, -0.25) is 4.79 Å². The van der Waals surface area contributed by atoms with Gasteiger partial charge in [0, 0.05) is 11.4 Å². The number of nitrogens with zero attached hydrogens (tertiary/aromatic N) is 2. The number of aliphatic carboxylic acids is 1. The van der Waals surface area contributed by atoms with Crippen molar-refractivity contribution in [3.63, 3.8) is 0 Å². The molecule has 0 bridgehead atoms. The summed E-state index contributed by atoms with van der Waals surface area (Å²) in [5.74, 6) is -1.25. The van der Waals surface area contributed by atoms with Crippen molar-refractivity contribution in [1.29, 1.82) is 0 Å². The van der Waals surface area contributed by atoms with Gasteiger partial charge in [-0.05, 0) is 56.2 Å². The van der Waals surface area contributed by atoms with Gasteiger partial charge >= 0.3 is 12.0 Å². The highest BCUT2D eigenvalue weighted by Crippen LogP contribution is 2.24. The SMILES string of the molecule is Cc1cc(C)nc(Oc2ccc(/C=C/CC(NC(=O)c3c(Cl)cccc3Cl)C(=O)O)cc2)n1. The molecule has 1 aromatic heterocycles. The molecule has 0 radical (unpaired) electrons. The second-order valence-electron chi connectivity index (χ2n) is 7.20. The summed E-state index contributed by atoms with van der Waals surface area (Å²) in [5.41, 5.74) is 2.50. The monoisotopic (exact) mass is 485 g/mol. The van der Waals surface area contributed by atoms with Crippen molar-refractivity contribution in [1.82, 2.24) is 15.3 Å². The quantitative estimate of drug-likeness (QED) is 0.437. The Morgan fingerprint density at radius 3 is 2.24 bits per heavy atom. The van der Waals surface area contributed by atoms with E-state index in [9.17, 15) is 14.7 Å². The second kappa shape index (κ2) is 10.9. The molecule has 3 aromatic rings. The molecule has 0 saturated heterocycles. The van der Waals surface area contributed by atoms with E-state index in [2.05, 4.69) is 15.3 Å². The normalized spacial score (nSPS) is 11.9. The highest BCUT2D eigenvalue weighted by Gasteiger charge is 2.22. The molecule has 3 rings (SSSR count). The number of benzene rings is 2. The van der Waals surface area contributed by atoms with Gasteiger partial charge in [0.05, 0.1) is 15.6 Å². The molecule has 0 saturated carbocycles. The lowest BCUT2D eigenvalue weighted by Gasteiger charge is -2.14. The van der Waals surface area contributed by atoms with Crippen LogP contribution in [0.2, 0.25) is 10.0 Å². The Morgan fingerprint density at radius 2 is 1.67 bits per heavy atom. The lowest BCUT2D eigenvalue weighted by molar-refractivity contribution is -0.139. The first-order valence-electron chi connectivity index (χ1n) is 9.97. The highest BCUT2D eigenvalue weighted by atomic mass is 35.5.